The molecule has 1 aromatic carbocycles. The molecule has 0 aliphatic carbocycles. The van der Waals surface area contributed by atoms with Gasteiger partial charge >= 0.3 is 11.4 Å². The lowest BCUT2D eigenvalue weighted by Gasteiger charge is -2.25. The molecule has 1 aromatic rings. The molecule has 1 heterocycles. The lowest BCUT2D eigenvalue weighted by Crippen LogP contribution is -2.30. The summed E-state index contributed by atoms with van der Waals surface area (Å²) in [5.41, 5.74) is -3.00. The number of nitro groups is 3. The van der Waals surface area contributed by atoms with E-state index in [1.165, 1.54) is 51.7 Å². The van der Waals surface area contributed by atoms with E-state index in [-0.39, 0.29) is 0 Å². The minimum absolute atomic E-state index is 0.447. The van der Waals surface area contributed by atoms with Crippen LogP contribution in [-0.2, 0) is 0 Å². The van der Waals surface area contributed by atoms with Gasteiger partial charge in [0.05, 0.1) is 26.9 Å². The molecule has 144 valence electrons. The van der Waals surface area contributed by atoms with Crippen LogP contribution in [0.15, 0.2) is 12.1 Å². The Kier molecular flexibility index (Phi) is 8.35. The highest BCUT2D eigenvalue weighted by Gasteiger charge is 2.30. The Hall–Kier alpha value is -2.82. The van der Waals surface area contributed by atoms with E-state index in [9.17, 15) is 30.3 Å². The average Bonchev–Trinajstić information content (AvgIpc) is 2.60. The van der Waals surface area contributed by atoms with Crippen molar-refractivity contribution in [3.63, 3.8) is 0 Å². The maximum Gasteiger partial charge on any atom is 0.324 e. The fraction of sp³-hybridized carbons (Fsp3) is 0.600. The first-order valence-corrected chi connectivity index (χ1v) is 8.30. The lowest BCUT2D eigenvalue weighted by atomic mass is 10.1. The van der Waals surface area contributed by atoms with Gasteiger partial charge in [-0.3, -0.25) is 30.3 Å². The summed E-state index contributed by atoms with van der Waals surface area (Å²) in [6.07, 6.45) is 7.06. The second kappa shape index (κ2) is 10.2. The number of hydrogen-bond donors (Lipinski definition) is 1. The quantitative estimate of drug-likeness (QED) is 0.590. The smallest absolute Gasteiger partial charge is 0.324 e. The second-order valence-corrected chi connectivity index (χ2v) is 5.86. The van der Waals surface area contributed by atoms with E-state index in [0.29, 0.717) is 12.1 Å². The van der Waals surface area contributed by atoms with Gasteiger partial charge in [0.15, 0.2) is 0 Å². The minimum Gasteiger partial charge on any atom is -0.497 e. The molecule has 1 aliphatic heterocycles. The number of piperidine rings is 1. The Morgan fingerprint density at radius 2 is 1.46 bits per heavy atom. The van der Waals surface area contributed by atoms with Crippen molar-refractivity contribution in [2.45, 2.75) is 39.0 Å². The van der Waals surface area contributed by atoms with E-state index in [4.69, 9.17) is 5.11 Å². The van der Waals surface area contributed by atoms with Crippen LogP contribution in [0.5, 0.6) is 5.75 Å². The summed E-state index contributed by atoms with van der Waals surface area (Å²) < 4.78 is 0. The third-order valence-electron chi connectivity index (χ3n) is 3.94. The van der Waals surface area contributed by atoms with Crippen LogP contribution in [0, 0.1) is 30.3 Å². The maximum atomic E-state index is 10.4. The molecule has 26 heavy (non-hydrogen) atoms. The van der Waals surface area contributed by atoms with Gasteiger partial charge in [-0.1, -0.05) is 19.8 Å². The zero-order chi connectivity index (χ0) is 19.7. The van der Waals surface area contributed by atoms with Crippen LogP contribution in [0.25, 0.3) is 0 Å². The fourth-order valence-corrected chi connectivity index (χ4v) is 2.54. The number of hydrogen-bond acceptors (Lipinski definition) is 8. The van der Waals surface area contributed by atoms with Crippen LogP contribution in [-0.4, -0.2) is 44.4 Å². The predicted molar refractivity (Wildman–Crippen MR) is 93.3 cm³/mol. The molecule has 0 atom stereocenters. The number of phenols is 1. The Balaban J connectivity index is 0.000000289. The van der Waals surface area contributed by atoms with Gasteiger partial charge in [0, 0.05) is 0 Å². The standard InChI is InChI=1S/C9H19N.C6H3N3O7/c1-2-3-7-10-8-5-4-6-9-10;10-6-4(8(13)14)1-3(7(11)12)2-5(6)9(15)16/h2-9H2,1H3;1-2,10H. The summed E-state index contributed by atoms with van der Waals surface area (Å²) in [6.45, 7) is 6.33. The molecule has 2 rings (SSSR count). The lowest BCUT2D eigenvalue weighted by molar-refractivity contribution is -0.404. The monoisotopic (exact) mass is 370 g/mol. The highest BCUT2D eigenvalue weighted by atomic mass is 16.6. The van der Waals surface area contributed by atoms with Crippen LogP contribution in [0.3, 0.4) is 0 Å². The summed E-state index contributed by atoms with van der Waals surface area (Å²) in [4.78, 5) is 30.4. The summed E-state index contributed by atoms with van der Waals surface area (Å²) in [5.74, 6) is -1.21. The van der Waals surface area contributed by atoms with E-state index in [1.807, 2.05) is 0 Å². The van der Waals surface area contributed by atoms with E-state index in [0.717, 1.165) is 0 Å². The van der Waals surface area contributed by atoms with E-state index < -0.39 is 37.6 Å². The highest BCUT2D eigenvalue weighted by molar-refractivity contribution is 5.64. The van der Waals surface area contributed by atoms with Crippen molar-refractivity contribution < 1.29 is 19.9 Å². The summed E-state index contributed by atoms with van der Waals surface area (Å²) >= 11 is 0. The molecule has 11 heteroatoms. The summed E-state index contributed by atoms with van der Waals surface area (Å²) in [7, 11) is 0. The number of likely N-dealkylation sites (tertiary alicyclic amines) is 1. The van der Waals surface area contributed by atoms with Gasteiger partial charge in [-0.15, -0.1) is 0 Å². The molecule has 1 aliphatic rings. The molecule has 1 saturated heterocycles. The van der Waals surface area contributed by atoms with Crippen molar-refractivity contribution in [3.05, 3.63) is 42.5 Å². The van der Waals surface area contributed by atoms with Gasteiger partial charge in [-0.25, -0.2) is 0 Å². The molecule has 0 aromatic heterocycles. The topological polar surface area (TPSA) is 153 Å². The number of nitro benzene ring substituents is 3. The molecule has 1 fully saturated rings. The number of unbranched alkanes of at least 4 members (excludes halogenated alkanes) is 1. The van der Waals surface area contributed by atoms with Gasteiger partial charge < -0.3 is 10.0 Å². The van der Waals surface area contributed by atoms with Gasteiger partial charge in [-0.05, 0) is 38.9 Å². The van der Waals surface area contributed by atoms with Crippen molar-refractivity contribution in [1.29, 1.82) is 0 Å². The van der Waals surface area contributed by atoms with Gasteiger partial charge in [0.1, 0.15) is 0 Å². The highest BCUT2D eigenvalue weighted by Crippen LogP contribution is 2.38. The van der Waals surface area contributed by atoms with E-state index in [1.54, 1.807) is 0 Å². The Morgan fingerprint density at radius 1 is 0.962 bits per heavy atom. The summed E-state index contributed by atoms with van der Waals surface area (Å²) in [5, 5.41) is 40.2. The number of benzene rings is 1. The third-order valence-corrected chi connectivity index (χ3v) is 3.94. The van der Waals surface area contributed by atoms with Crippen LogP contribution >= 0.6 is 0 Å². The number of non-ortho nitro benzene ring substituents is 1. The van der Waals surface area contributed by atoms with Gasteiger partial charge in [-0.2, -0.15) is 0 Å². The molecular formula is C15H22N4O7. The molecule has 0 unspecified atom stereocenters. The number of rotatable bonds is 6. The van der Waals surface area contributed by atoms with E-state index in [2.05, 4.69) is 11.8 Å². The third kappa shape index (κ3) is 6.24. The normalized spacial score (nSPS) is 14.2. The molecule has 0 amide bonds. The maximum absolute atomic E-state index is 10.4. The van der Waals surface area contributed by atoms with Crippen molar-refractivity contribution in [2.75, 3.05) is 19.6 Å². The van der Waals surface area contributed by atoms with Gasteiger partial charge in [0.2, 0.25) is 0 Å². The molecule has 1 N–H and O–H groups in total. The number of aromatic hydroxyl groups is 1. The molecule has 0 bridgehead atoms. The molecular weight excluding hydrogens is 348 g/mol. The van der Waals surface area contributed by atoms with Crippen molar-refractivity contribution in [3.8, 4) is 5.75 Å². The molecule has 0 spiro atoms. The SMILES string of the molecule is CCCCN1CCCCC1.O=[N+]([O-])c1cc([N+](=O)[O-])c(O)c([N+](=O)[O-])c1. The summed E-state index contributed by atoms with van der Waals surface area (Å²) in [6, 6.07) is 0.894. The first-order valence-electron chi connectivity index (χ1n) is 8.30. The average molecular weight is 370 g/mol. The van der Waals surface area contributed by atoms with Crippen molar-refractivity contribution in [2.24, 2.45) is 0 Å². The molecule has 11 nitrogen and oxygen atoms in total. The van der Waals surface area contributed by atoms with Crippen LogP contribution < -0.4 is 0 Å². The Labute approximate surface area is 149 Å². The molecule has 0 saturated carbocycles. The van der Waals surface area contributed by atoms with Crippen LogP contribution in [0.4, 0.5) is 17.1 Å². The zero-order valence-corrected chi connectivity index (χ0v) is 14.5. The molecule has 0 radical (unpaired) electrons. The van der Waals surface area contributed by atoms with Crippen LogP contribution in [0.1, 0.15) is 39.0 Å². The van der Waals surface area contributed by atoms with E-state index >= 15 is 0 Å². The second-order valence-electron chi connectivity index (χ2n) is 5.86. The fourth-order valence-electron chi connectivity index (χ4n) is 2.54. The Bertz CT molecular complexity index is 624. The number of nitrogens with zero attached hydrogens (tertiary/aromatic N) is 4. The first-order chi connectivity index (χ1) is 12.3. The zero-order valence-electron chi connectivity index (χ0n) is 14.5. The predicted octanol–water partition coefficient (Wildman–Crippen LogP) is 3.39. The van der Waals surface area contributed by atoms with Gasteiger partial charge in [0.25, 0.3) is 11.4 Å². The number of phenolic OH excluding ortho intramolecular Hbond substituents is 1. The first kappa shape index (κ1) is 21.2. The minimum atomic E-state index is -1.21. The Morgan fingerprint density at radius 3 is 1.85 bits per heavy atom. The van der Waals surface area contributed by atoms with Crippen molar-refractivity contribution >= 4 is 17.1 Å². The van der Waals surface area contributed by atoms with Crippen molar-refractivity contribution in [1.82, 2.24) is 4.90 Å². The van der Waals surface area contributed by atoms with Crippen LogP contribution in [0.2, 0.25) is 0 Å². The largest absolute Gasteiger partial charge is 0.497 e.